The zero-order chi connectivity index (χ0) is 15.6. The predicted molar refractivity (Wildman–Crippen MR) is 78.5 cm³/mol. The third-order valence-corrected chi connectivity index (χ3v) is 3.39. The molecule has 0 radical (unpaired) electrons. The summed E-state index contributed by atoms with van der Waals surface area (Å²) < 4.78 is 15.6. The first-order valence-electron chi connectivity index (χ1n) is 6.24. The Hall–Kier alpha value is -1.94. The van der Waals surface area contributed by atoms with Gasteiger partial charge in [-0.3, -0.25) is 14.6 Å². The van der Waals surface area contributed by atoms with Crippen molar-refractivity contribution >= 4 is 13.6 Å². The second-order valence-corrected chi connectivity index (χ2v) is 5.88. The highest BCUT2D eigenvalue weighted by Gasteiger charge is 2.20. The van der Waals surface area contributed by atoms with E-state index in [4.69, 9.17) is 9.79 Å². The summed E-state index contributed by atoms with van der Waals surface area (Å²) in [6, 6.07) is 11.9. The molecule has 0 unspecified atom stereocenters. The van der Waals surface area contributed by atoms with Crippen LogP contribution in [0.4, 0.5) is 0 Å². The van der Waals surface area contributed by atoms with Crippen molar-refractivity contribution in [2.24, 2.45) is 0 Å². The summed E-state index contributed by atoms with van der Waals surface area (Å²) in [6.45, 7) is 3.28. The lowest BCUT2D eigenvalue weighted by atomic mass is 9.99. The molecule has 2 rings (SSSR count). The predicted octanol–water partition coefficient (Wildman–Crippen LogP) is 3.01. The summed E-state index contributed by atoms with van der Waals surface area (Å²) >= 11 is 0. The molecular weight excluding hydrogens is 291 g/mol. The molecule has 0 atom stereocenters. The van der Waals surface area contributed by atoms with Gasteiger partial charge in [-0.15, -0.1) is 0 Å². The molecular formula is C15H15O5P. The van der Waals surface area contributed by atoms with Crippen LogP contribution >= 0.6 is 7.82 Å². The number of aryl methyl sites for hydroxylation is 2. The van der Waals surface area contributed by atoms with Crippen molar-refractivity contribution in [2.75, 3.05) is 0 Å². The molecule has 0 aromatic heterocycles. The van der Waals surface area contributed by atoms with Gasteiger partial charge >= 0.3 is 7.82 Å². The normalized spacial score (nSPS) is 11.2. The molecule has 5 nitrogen and oxygen atoms in total. The van der Waals surface area contributed by atoms with Crippen molar-refractivity contribution < 1.29 is 23.7 Å². The number of rotatable bonds is 4. The molecule has 2 N–H and O–H groups in total. The number of hydrogen-bond acceptors (Lipinski definition) is 3. The van der Waals surface area contributed by atoms with E-state index in [1.54, 1.807) is 50.2 Å². The van der Waals surface area contributed by atoms with E-state index in [0.717, 1.165) is 0 Å². The van der Waals surface area contributed by atoms with Gasteiger partial charge in [0, 0.05) is 11.1 Å². The average molecular weight is 306 g/mol. The number of hydrogen-bond donors (Lipinski definition) is 2. The number of carbonyl (C=O) groups excluding carboxylic acids is 1. The van der Waals surface area contributed by atoms with Crippen LogP contribution in [0.5, 0.6) is 5.75 Å². The first kappa shape index (κ1) is 15.4. The van der Waals surface area contributed by atoms with E-state index in [-0.39, 0.29) is 11.5 Å². The van der Waals surface area contributed by atoms with Crippen LogP contribution < -0.4 is 4.52 Å². The summed E-state index contributed by atoms with van der Waals surface area (Å²) in [5.41, 5.74) is 2.00. The second kappa shape index (κ2) is 5.82. The van der Waals surface area contributed by atoms with E-state index >= 15 is 0 Å². The Balaban J connectivity index is 2.41. The molecule has 2 aromatic rings. The van der Waals surface area contributed by atoms with Crippen molar-refractivity contribution in [1.29, 1.82) is 0 Å². The number of benzene rings is 2. The minimum atomic E-state index is -4.62. The smallest absolute Gasteiger partial charge is 0.404 e. The van der Waals surface area contributed by atoms with E-state index in [9.17, 15) is 9.36 Å². The van der Waals surface area contributed by atoms with Gasteiger partial charge in [0.25, 0.3) is 0 Å². The highest BCUT2D eigenvalue weighted by molar-refractivity contribution is 7.46. The standard InChI is InChI=1S/C15H15O5P/c1-10-8-13(14(16)12-6-4-3-5-7-12)9-11(2)15(10)20-21(17,18)19/h3-9H,1-2H3,(H2,17,18,19). The van der Waals surface area contributed by atoms with Gasteiger partial charge < -0.3 is 4.52 Å². The molecule has 2 aromatic carbocycles. The van der Waals surface area contributed by atoms with Crippen LogP contribution in [0.25, 0.3) is 0 Å². The van der Waals surface area contributed by atoms with Crippen LogP contribution in [0.3, 0.4) is 0 Å². The lowest BCUT2D eigenvalue weighted by molar-refractivity contribution is 0.103. The summed E-state index contributed by atoms with van der Waals surface area (Å²) in [4.78, 5) is 30.1. The lowest BCUT2D eigenvalue weighted by Crippen LogP contribution is -2.04. The van der Waals surface area contributed by atoms with E-state index < -0.39 is 7.82 Å². The van der Waals surface area contributed by atoms with Gasteiger partial charge in [-0.2, -0.15) is 0 Å². The minimum Gasteiger partial charge on any atom is -0.404 e. The zero-order valence-corrected chi connectivity index (χ0v) is 12.5. The topological polar surface area (TPSA) is 83.8 Å². The van der Waals surface area contributed by atoms with Gasteiger partial charge in [-0.1, -0.05) is 30.3 Å². The first-order valence-corrected chi connectivity index (χ1v) is 7.77. The SMILES string of the molecule is Cc1cc(C(=O)c2ccccc2)cc(C)c1OP(=O)(O)O. The third kappa shape index (κ3) is 3.79. The fourth-order valence-electron chi connectivity index (χ4n) is 2.10. The molecule has 0 amide bonds. The van der Waals surface area contributed by atoms with Gasteiger partial charge in [0.1, 0.15) is 5.75 Å². The maximum Gasteiger partial charge on any atom is 0.524 e. The summed E-state index contributed by atoms with van der Waals surface area (Å²) in [5.74, 6) is -0.0440. The first-order chi connectivity index (χ1) is 9.78. The molecule has 0 aliphatic carbocycles. The molecule has 0 aliphatic heterocycles. The van der Waals surface area contributed by atoms with Crippen LogP contribution in [0.15, 0.2) is 42.5 Å². The highest BCUT2D eigenvalue weighted by atomic mass is 31.2. The van der Waals surface area contributed by atoms with Crippen LogP contribution in [-0.4, -0.2) is 15.6 Å². The Kier molecular flexibility index (Phi) is 4.28. The fraction of sp³-hybridized carbons (Fsp3) is 0.133. The second-order valence-electron chi connectivity index (χ2n) is 4.72. The summed E-state index contributed by atoms with van der Waals surface area (Å²) in [7, 11) is -4.62. The van der Waals surface area contributed by atoms with Crippen molar-refractivity contribution in [3.63, 3.8) is 0 Å². The number of ketones is 1. The maximum atomic E-state index is 12.4. The Labute approximate surface area is 122 Å². The molecule has 0 saturated carbocycles. The Morgan fingerprint density at radius 3 is 2.00 bits per heavy atom. The number of phosphoric ester groups is 1. The van der Waals surface area contributed by atoms with Gasteiger partial charge in [-0.05, 0) is 37.1 Å². The van der Waals surface area contributed by atoms with Crippen LogP contribution in [0, 0.1) is 13.8 Å². The molecule has 0 aliphatic rings. The van der Waals surface area contributed by atoms with E-state index in [1.165, 1.54) is 0 Å². The summed E-state index contributed by atoms with van der Waals surface area (Å²) in [6.07, 6.45) is 0. The van der Waals surface area contributed by atoms with Gasteiger partial charge in [0.05, 0.1) is 0 Å². The Morgan fingerprint density at radius 1 is 1.00 bits per heavy atom. The molecule has 0 heterocycles. The third-order valence-electron chi connectivity index (χ3n) is 2.97. The molecule has 110 valence electrons. The van der Waals surface area contributed by atoms with Crippen molar-refractivity contribution in [2.45, 2.75) is 13.8 Å². The van der Waals surface area contributed by atoms with Gasteiger partial charge in [-0.25, -0.2) is 4.57 Å². The average Bonchev–Trinajstić information content (AvgIpc) is 2.42. The van der Waals surface area contributed by atoms with E-state index in [1.807, 2.05) is 6.07 Å². The quantitative estimate of drug-likeness (QED) is 0.670. The van der Waals surface area contributed by atoms with Crippen LogP contribution in [0.1, 0.15) is 27.0 Å². The van der Waals surface area contributed by atoms with Crippen molar-refractivity contribution in [3.05, 3.63) is 64.7 Å². The molecule has 0 spiro atoms. The maximum absolute atomic E-state index is 12.4. The molecule has 6 heteroatoms. The molecule has 0 saturated heterocycles. The highest BCUT2D eigenvalue weighted by Crippen LogP contribution is 2.41. The molecule has 21 heavy (non-hydrogen) atoms. The fourth-order valence-corrected chi connectivity index (χ4v) is 2.63. The summed E-state index contributed by atoms with van der Waals surface area (Å²) in [5, 5.41) is 0. The molecule has 0 bridgehead atoms. The number of carbonyl (C=O) groups is 1. The van der Waals surface area contributed by atoms with Gasteiger partial charge in [0.2, 0.25) is 0 Å². The van der Waals surface area contributed by atoms with Crippen LogP contribution in [-0.2, 0) is 4.57 Å². The van der Waals surface area contributed by atoms with Crippen molar-refractivity contribution in [3.8, 4) is 5.75 Å². The molecule has 0 fully saturated rings. The van der Waals surface area contributed by atoms with E-state index in [0.29, 0.717) is 22.3 Å². The van der Waals surface area contributed by atoms with Crippen LogP contribution in [0.2, 0.25) is 0 Å². The number of phosphoric acid groups is 1. The van der Waals surface area contributed by atoms with Crippen molar-refractivity contribution in [1.82, 2.24) is 0 Å². The lowest BCUT2D eigenvalue weighted by Gasteiger charge is -2.14. The Bertz CT molecular complexity index is 695. The largest absolute Gasteiger partial charge is 0.524 e. The van der Waals surface area contributed by atoms with E-state index in [2.05, 4.69) is 4.52 Å². The van der Waals surface area contributed by atoms with Gasteiger partial charge in [0.15, 0.2) is 5.78 Å². The Morgan fingerprint density at radius 2 is 1.52 bits per heavy atom. The minimum absolute atomic E-state index is 0.105. The monoisotopic (exact) mass is 306 g/mol. The zero-order valence-electron chi connectivity index (χ0n) is 11.6.